The maximum Gasteiger partial charge on any atom is 0.257 e. The van der Waals surface area contributed by atoms with Crippen LogP contribution in [0.25, 0.3) is 16.6 Å². The molecule has 9 heteroatoms. The average Bonchev–Trinajstić information content (AvgIpc) is 3.19. The Balaban J connectivity index is 1.67. The van der Waals surface area contributed by atoms with Crippen LogP contribution in [-0.2, 0) is 0 Å². The fourth-order valence-electron chi connectivity index (χ4n) is 2.55. The van der Waals surface area contributed by atoms with Crippen LogP contribution < -0.4 is 5.32 Å². The van der Waals surface area contributed by atoms with E-state index in [4.69, 9.17) is 0 Å². The van der Waals surface area contributed by atoms with E-state index < -0.39 is 17.5 Å². The van der Waals surface area contributed by atoms with Gasteiger partial charge in [0.15, 0.2) is 11.6 Å². The summed E-state index contributed by atoms with van der Waals surface area (Å²) in [6.07, 6.45) is 2.64. The number of halogens is 2. The summed E-state index contributed by atoms with van der Waals surface area (Å²) in [7, 11) is 0. The number of hydrogen-bond donors (Lipinski definition) is 1. The number of tetrazole rings is 1. The molecule has 0 saturated heterocycles. The number of benzene rings is 2. The standard InChI is InChI=1S/C17H10F2N6O/c18-13-6-5-10-7-11(8-20-16(10)15(13)19)22-17(26)12-3-1-2-4-14(12)25-9-21-23-24-25/h1-9H,(H,22,26). The third-order valence-electron chi connectivity index (χ3n) is 3.75. The highest BCUT2D eigenvalue weighted by molar-refractivity contribution is 6.07. The van der Waals surface area contributed by atoms with Gasteiger partial charge in [-0.1, -0.05) is 12.1 Å². The Morgan fingerprint density at radius 3 is 2.77 bits per heavy atom. The molecule has 2 aromatic heterocycles. The van der Waals surface area contributed by atoms with Gasteiger partial charge in [-0.25, -0.2) is 8.78 Å². The Hall–Kier alpha value is -3.75. The number of nitrogens with one attached hydrogen (secondary N) is 1. The van der Waals surface area contributed by atoms with Crippen LogP contribution in [0.5, 0.6) is 0 Å². The molecule has 0 fully saturated rings. The van der Waals surface area contributed by atoms with Crippen LogP contribution in [0.2, 0.25) is 0 Å². The number of hydrogen-bond acceptors (Lipinski definition) is 5. The van der Waals surface area contributed by atoms with E-state index >= 15 is 0 Å². The highest BCUT2D eigenvalue weighted by atomic mass is 19.2. The molecule has 7 nitrogen and oxygen atoms in total. The summed E-state index contributed by atoms with van der Waals surface area (Å²) >= 11 is 0. The van der Waals surface area contributed by atoms with Crippen molar-refractivity contribution in [3.63, 3.8) is 0 Å². The van der Waals surface area contributed by atoms with Gasteiger partial charge in [0, 0.05) is 5.39 Å². The molecule has 0 aliphatic carbocycles. The molecule has 0 aliphatic rings. The molecule has 0 atom stereocenters. The van der Waals surface area contributed by atoms with Gasteiger partial charge in [0.1, 0.15) is 11.8 Å². The molecule has 2 aromatic carbocycles. The highest BCUT2D eigenvalue weighted by Gasteiger charge is 2.15. The second-order valence-corrected chi connectivity index (χ2v) is 5.38. The van der Waals surface area contributed by atoms with Crippen molar-refractivity contribution in [2.24, 2.45) is 0 Å². The lowest BCUT2D eigenvalue weighted by Gasteiger charge is -2.10. The van der Waals surface area contributed by atoms with Crippen LogP contribution in [0.15, 0.2) is 55.0 Å². The molecule has 2 heterocycles. The molecule has 1 amide bonds. The lowest BCUT2D eigenvalue weighted by molar-refractivity contribution is 0.102. The Morgan fingerprint density at radius 1 is 1.12 bits per heavy atom. The molecular formula is C17H10F2N6O. The number of nitrogens with zero attached hydrogens (tertiary/aromatic N) is 5. The van der Waals surface area contributed by atoms with Crippen LogP contribution >= 0.6 is 0 Å². The first-order valence-corrected chi connectivity index (χ1v) is 7.51. The summed E-state index contributed by atoms with van der Waals surface area (Å²) in [5.41, 5.74) is 1.08. The highest BCUT2D eigenvalue weighted by Crippen LogP contribution is 2.22. The number of carbonyl (C=O) groups is 1. The topological polar surface area (TPSA) is 85.6 Å². The minimum absolute atomic E-state index is 0.0999. The zero-order valence-electron chi connectivity index (χ0n) is 13.1. The van der Waals surface area contributed by atoms with Gasteiger partial charge in [0.05, 0.1) is 23.1 Å². The fourth-order valence-corrected chi connectivity index (χ4v) is 2.55. The molecule has 26 heavy (non-hydrogen) atoms. The number of aromatic nitrogens is 5. The third kappa shape index (κ3) is 2.75. The van der Waals surface area contributed by atoms with Crippen molar-refractivity contribution >= 4 is 22.5 Å². The molecule has 0 aliphatic heterocycles. The molecule has 128 valence electrons. The summed E-state index contributed by atoms with van der Waals surface area (Å²) in [4.78, 5) is 16.5. The average molecular weight is 352 g/mol. The molecule has 4 aromatic rings. The van der Waals surface area contributed by atoms with Gasteiger partial charge in [-0.2, -0.15) is 4.68 Å². The van der Waals surface area contributed by atoms with E-state index in [9.17, 15) is 13.6 Å². The maximum atomic E-state index is 13.7. The van der Waals surface area contributed by atoms with Crippen molar-refractivity contribution in [2.75, 3.05) is 5.32 Å². The van der Waals surface area contributed by atoms with Crippen molar-refractivity contribution < 1.29 is 13.6 Å². The summed E-state index contributed by atoms with van der Waals surface area (Å²) in [5, 5.41) is 14.0. The summed E-state index contributed by atoms with van der Waals surface area (Å²) < 4.78 is 28.3. The third-order valence-corrected chi connectivity index (χ3v) is 3.75. The number of pyridine rings is 1. The maximum absolute atomic E-state index is 13.7. The first-order chi connectivity index (χ1) is 12.6. The molecular weight excluding hydrogens is 342 g/mol. The minimum Gasteiger partial charge on any atom is -0.321 e. The molecule has 0 bridgehead atoms. The molecule has 0 radical (unpaired) electrons. The number of anilines is 1. The normalized spacial score (nSPS) is 10.8. The van der Waals surface area contributed by atoms with Gasteiger partial charge in [0.2, 0.25) is 0 Å². The number of carbonyl (C=O) groups excluding carboxylic acids is 1. The molecule has 1 N–H and O–H groups in total. The molecule has 0 unspecified atom stereocenters. The van der Waals surface area contributed by atoms with Crippen LogP contribution in [0, 0.1) is 11.6 Å². The SMILES string of the molecule is O=C(Nc1cnc2c(F)c(F)ccc2c1)c1ccccc1-n1cnnn1. The molecule has 0 saturated carbocycles. The second kappa shape index (κ2) is 6.28. The number of amides is 1. The number of rotatable bonds is 3. The minimum atomic E-state index is -1.02. The van der Waals surface area contributed by atoms with Crippen molar-refractivity contribution in [1.29, 1.82) is 0 Å². The van der Waals surface area contributed by atoms with Crippen molar-refractivity contribution in [1.82, 2.24) is 25.2 Å². The van der Waals surface area contributed by atoms with Crippen molar-refractivity contribution in [3.8, 4) is 5.69 Å². The van der Waals surface area contributed by atoms with Gasteiger partial charge in [-0.05, 0) is 40.8 Å². The van der Waals surface area contributed by atoms with Gasteiger partial charge in [-0.15, -0.1) is 5.10 Å². The van der Waals surface area contributed by atoms with Gasteiger partial charge < -0.3 is 5.32 Å². The van der Waals surface area contributed by atoms with Gasteiger partial charge >= 0.3 is 0 Å². The van der Waals surface area contributed by atoms with Crippen molar-refractivity contribution in [2.45, 2.75) is 0 Å². The van der Waals surface area contributed by atoms with Crippen LogP contribution in [-0.4, -0.2) is 31.1 Å². The fraction of sp³-hybridized carbons (Fsp3) is 0. The van der Waals surface area contributed by atoms with Crippen LogP contribution in [0.4, 0.5) is 14.5 Å². The summed E-state index contributed by atoms with van der Waals surface area (Å²) in [6.45, 7) is 0. The monoisotopic (exact) mass is 352 g/mol. The predicted octanol–water partition coefficient (Wildman–Crippen LogP) is 2.74. The summed E-state index contributed by atoms with van der Waals surface area (Å²) in [5.74, 6) is -2.42. The lowest BCUT2D eigenvalue weighted by Crippen LogP contribution is -2.15. The van der Waals surface area contributed by atoms with E-state index in [1.807, 2.05) is 0 Å². The van der Waals surface area contributed by atoms with E-state index in [-0.39, 0.29) is 5.52 Å². The van der Waals surface area contributed by atoms with E-state index in [1.54, 1.807) is 24.3 Å². The largest absolute Gasteiger partial charge is 0.321 e. The van der Waals surface area contributed by atoms with Crippen LogP contribution in [0.3, 0.4) is 0 Å². The first-order valence-electron chi connectivity index (χ1n) is 7.51. The number of fused-ring (bicyclic) bond motifs is 1. The molecule has 0 spiro atoms. The van der Waals surface area contributed by atoms with E-state index in [2.05, 4.69) is 25.8 Å². The number of para-hydroxylation sites is 1. The van der Waals surface area contributed by atoms with Gasteiger partial charge in [-0.3, -0.25) is 9.78 Å². The zero-order chi connectivity index (χ0) is 18.1. The van der Waals surface area contributed by atoms with Gasteiger partial charge in [0.25, 0.3) is 5.91 Å². The van der Waals surface area contributed by atoms with E-state index in [0.717, 1.165) is 6.07 Å². The Bertz CT molecular complexity index is 1110. The first kappa shape index (κ1) is 15.8. The smallest absolute Gasteiger partial charge is 0.257 e. The zero-order valence-corrected chi connectivity index (χ0v) is 13.1. The quantitative estimate of drug-likeness (QED) is 0.613. The van der Waals surface area contributed by atoms with E-state index in [0.29, 0.717) is 22.3 Å². The Labute approximate surface area is 145 Å². The van der Waals surface area contributed by atoms with Crippen LogP contribution in [0.1, 0.15) is 10.4 Å². The lowest BCUT2D eigenvalue weighted by atomic mass is 10.1. The summed E-state index contributed by atoms with van der Waals surface area (Å²) in [6, 6.07) is 10.7. The predicted molar refractivity (Wildman–Crippen MR) is 88.8 cm³/mol. The second-order valence-electron chi connectivity index (χ2n) is 5.38. The Kier molecular flexibility index (Phi) is 3.81. The van der Waals surface area contributed by atoms with Crippen molar-refractivity contribution in [3.05, 3.63) is 72.2 Å². The molecule has 4 rings (SSSR count). The van der Waals surface area contributed by atoms with E-state index in [1.165, 1.54) is 29.3 Å². The Morgan fingerprint density at radius 2 is 1.96 bits per heavy atom.